The van der Waals surface area contributed by atoms with Gasteiger partial charge in [-0.25, -0.2) is 0 Å². The third-order valence-corrected chi connectivity index (χ3v) is 2.52. The first-order chi connectivity index (χ1) is 7.40. The Morgan fingerprint density at radius 1 is 1.47 bits per heavy atom. The fraction of sp³-hybridized carbons (Fsp3) is 0.455. The average Bonchev–Trinajstić information content (AvgIpc) is 2.31. The third-order valence-electron chi connectivity index (χ3n) is 2.52. The van der Waals surface area contributed by atoms with E-state index in [0.29, 0.717) is 11.6 Å². The highest BCUT2D eigenvalue weighted by molar-refractivity contribution is 5.55. The molecule has 1 aromatic heterocycles. The first-order valence-electron chi connectivity index (χ1n) is 5.08. The highest BCUT2D eigenvalue weighted by Gasteiger charge is 2.14. The summed E-state index contributed by atoms with van der Waals surface area (Å²) >= 11 is 0. The van der Waals surface area contributed by atoms with Crippen molar-refractivity contribution in [2.75, 3.05) is 18.5 Å². The second kappa shape index (κ2) is 4.76. The molecule has 0 aromatic carbocycles. The topological polar surface area (TPSA) is 57.9 Å². The Labute approximate surface area is 88.9 Å². The molecule has 0 unspecified atom stereocenters. The summed E-state index contributed by atoms with van der Waals surface area (Å²) in [5.74, 6) is 0. The Balaban J connectivity index is 2.06. The molecule has 0 spiro atoms. The summed E-state index contributed by atoms with van der Waals surface area (Å²) in [5.41, 5.74) is 1.48. The highest BCUT2D eigenvalue weighted by atomic mass is 16.5. The summed E-state index contributed by atoms with van der Waals surface area (Å²) in [7, 11) is 0. The number of ether oxygens (including phenoxy) is 1. The molecule has 1 N–H and O–H groups in total. The number of rotatable bonds is 2. The Kier molecular flexibility index (Phi) is 3.15. The smallest absolute Gasteiger partial charge is 0.101 e. The molecule has 78 valence electrons. The first kappa shape index (κ1) is 9.94. The van der Waals surface area contributed by atoms with Crippen molar-refractivity contribution >= 4 is 5.69 Å². The molecule has 0 atom stereocenters. The lowest BCUT2D eigenvalue weighted by Gasteiger charge is -2.24. The van der Waals surface area contributed by atoms with Crippen molar-refractivity contribution in [1.82, 2.24) is 4.98 Å². The van der Waals surface area contributed by atoms with Crippen LogP contribution in [0, 0.1) is 11.3 Å². The highest BCUT2D eigenvalue weighted by Crippen LogP contribution is 2.17. The van der Waals surface area contributed by atoms with Gasteiger partial charge in [-0.2, -0.15) is 5.26 Å². The van der Waals surface area contributed by atoms with E-state index in [2.05, 4.69) is 16.4 Å². The number of pyridine rings is 1. The van der Waals surface area contributed by atoms with Gasteiger partial charge in [0.2, 0.25) is 0 Å². The molecule has 1 aliphatic rings. The minimum absolute atomic E-state index is 0.398. The lowest BCUT2D eigenvalue weighted by Crippen LogP contribution is -2.28. The van der Waals surface area contributed by atoms with Crippen LogP contribution in [0.25, 0.3) is 0 Å². The van der Waals surface area contributed by atoms with Crippen molar-refractivity contribution in [1.29, 1.82) is 5.26 Å². The number of aromatic nitrogens is 1. The molecule has 0 saturated carbocycles. The molecule has 1 aliphatic heterocycles. The maximum atomic E-state index is 8.91. The standard InChI is InChI=1S/C11H13N3O/c12-7-9-1-4-13-8-11(9)14-10-2-5-15-6-3-10/h1,4,8,10,14H,2-3,5-6H2. The molecular formula is C11H13N3O. The Hall–Kier alpha value is -1.60. The van der Waals surface area contributed by atoms with Gasteiger partial charge < -0.3 is 10.1 Å². The molecule has 2 rings (SSSR count). The first-order valence-corrected chi connectivity index (χ1v) is 5.08. The monoisotopic (exact) mass is 203 g/mol. The maximum Gasteiger partial charge on any atom is 0.101 e. The van der Waals surface area contributed by atoms with E-state index < -0.39 is 0 Å². The van der Waals surface area contributed by atoms with Gasteiger partial charge in [0.15, 0.2) is 0 Å². The van der Waals surface area contributed by atoms with Gasteiger partial charge >= 0.3 is 0 Å². The predicted molar refractivity (Wildman–Crippen MR) is 56.4 cm³/mol. The van der Waals surface area contributed by atoms with Crippen molar-refractivity contribution in [3.63, 3.8) is 0 Å². The molecule has 0 bridgehead atoms. The van der Waals surface area contributed by atoms with E-state index >= 15 is 0 Å². The van der Waals surface area contributed by atoms with E-state index in [4.69, 9.17) is 10.00 Å². The third kappa shape index (κ3) is 2.45. The second-order valence-corrected chi connectivity index (χ2v) is 3.56. The van der Waals surface area contributed by atoms with Crippen molar-refractivity contribution < 1.29 is 4.74 Å². The maximum absolute atomic E-state index is 8.91. The molecule has 1 fully saturated rings. The zero-order valence-corrected chi connectivity index (χ0v) is 8.44. The van der Waals surface area contributed by atoms with Gasteiger partial charge in [0, 0.05) is 25.5 Å². The molecular weight excluding hydrogens is 190 g/mol. The quantitative estimate of drug-likeness (QED) is 0.792. The Morgan fingerprint density at radius 2 is 2.27 bits per heavy atom. The lowest BCUT2D eigenvalue weighted by molar-refractivity contribution is 0.0904. The Morgan fingerprint density at radius 3 is 3.00 bits per heavy atom. The summed E-state index contributed by atoms with van der Waals surface area (Å²) < 4.78 is 5.27. The molecule has 2 heterocycles. The molecule has 1 aromatic rings. The van der Waals surface area contributed by atoms with Crippen LogP contribution in [0.5, 0.6) is 0 Å². The van der Waals surface area contributed by atoms with E-state index in [9.17, 15) is 0 Å². The van der Waals surface area contributed by atoms with E-state index in [0.717, 1.165) is 31.7 Å². The van der Waals surface area contributed by atoms with Gasteiger partial charge in [-0.05, 0) is 18.9 Å². The van der Waals surface area contributed by atoms with Gasteiger partial charge in [0.05, 0.1) is 17.4 Å². The van der Waals surface area contributed by atoms with E-state index in [-0.39, 0.29) is 0 Å². The van der Waals surface area contributed by atoms with Crippen LogP contribution in [0.15, 0.2) is 18.5 Å². The van der Waals surface area contributed by atoms with Gasteiger partial charge in [0.1, 0.15) is 6.07 Å². The molecule has 0 aliphatic carbocycles. The number of nitrogens with zero attached hydrogens (tertiary/aromatic N) is 2. The van der Waals surface area contributed by atoms with Crippen LogP contribution in [-0.4, -0.2) is 24.2 Å². The van der Waals surface area contributed by atoms with Gasteiger partial charge in [-0.15, -0.1) is 0 Å². The summed E-state index contributed by atoms with van der Waals surface area (Å²) in [5, 5.41) is 12.2. The lowest BCUT2D eigenvalue weighted by atomic mass is 10.1. The molecule has 0 radical (unpaired) electrons. The SMILES string of the molecule is N#Cc1ccncc1NC1CCOCC1. The van der Waals surface area contributed by atoms with Crippen molar-refractivity contribution in [2.24, 2.45) is 0 Å². The average molecular weight is 203 g/mol. The fourth-order valence-corrected chi connectivity index (χ4v) is 1.67. The zero-order chi connectivity index (χ0) is 10.5. The van der Waals surface area contributed by atoms with Crippen molar-refractivity contribution in [3.8, 4) is 6.07 Å². The molecule has 4 nitrogen and oxygen atoms in total. The summed E-state index contributed by atoms with van der Waals surface area (Å²) in [6.45, 7) is 1.58. The summed E-state index contributed by atoms with van der Waals surface area (Å²) in [4.78, 5) is 4.01. The minimum Gasteiger partial charge on any atom is -0.381 e. The van der Waals surface area contributed by atoms with Gasteiger partial charge in [-0.1, -0.05) is 0 Å². The van der Waals surface area contributed by atoms with Crippen LogP contribution >= 0.6 is 0 Å². The molecule has 0 amide bonds. The van der Waals surface area contributed by atoms with Gasteiger partial charge in [0.25, 0.3) is 0 Å². The molecule has 1 saturated heterocycles. The minimum atomic E-state index is 0.398. The van der Waals surface area contributed by atoms with Crippen molar-refractivity contribution in [3.05, 3.63) is 24.0 Å². The van der Waals surface area contributed by atoms with Crippen LogP contribution in [-0.2, 0) is 4.74 Å². The fourth-order valence-electron chi connectivity index (χ4n) is 1.67. The normalized spacial score (nSPS) is 17.0. The van der Waals surface area contributed by atoms with E-state index in [1.165, 1.54) is 0 Å². The summed E-state index contributed by atoms with van der Waals surface area (Å²) in [6, 6.07) is 4.27. The van der Waals surface area contributed by atoms with E-state index in [1.54, 1.807) is 18.5 Å². The van der Waals surface area contributed by atoms with Gasteiger partial charge in [-0.3, -0.25) is 4.98 Å². The van der Waals surface area contributed by atoms with Crippen LogP contribution < -0.4 is 5.32 Å². The summed E-state index contributed by atoms with van der Waals surface area (Å²) in [6.07, 6.45) is 5.31. The zero-order valence-electron chi connectivity index (χ0n) is 8.44. The van der Waals surface area contributed by atoms with E-state index in [1.807, 2.05) is 0 Å². The second-order valence-electron chi connectivity index (χ2n) is 3.56. The largest absolute Gasteiger partial charge is 0.381 e. The number of nitrogens with one attached hydrogen (secondary N) is 1. The number of anilines is 1. The predicted octanol–water partition coefficient (Wildman–Crippen LogP) is 1.54. The van der Waals surface area contributed by atoms with Crippen molar-refractivity contribution in [2.45, 2.75) is 18.9 Å². The van der Waals surface area contributed by atoms with Crippen LogP contribution in [0.3, 0.4) is 0 Å². The number of nitriles is 1. The van der Waals surface area contributed by atoms with Crippen LogP contribution in [0.2, 0.25) is 0 Å². The number of hydrogen-bond donors (Lipinski definition) is 1. The number of hydrogen-bond acceptors (Lipinski definition) is 4. The molecule has 4 heteroatoms. The van der Waals surface area contributed by atoms with Crippen LogP contribution in [0.1, 0.15) is 18.4 Å². The Bertz CT molecular complexity index is 366. The molecule has 15 heavy (non-hydrogen) atoms. The van der Waals surface area contributed by atoms with Crippen LogP contribution in [0.4, 0.5) is 5.69 Å².